The fraction of sp³-hybridized carbons (Fsp3) is 0.500. The lowest BCUT2D eigenvalue weighted by Crippen LogP contribution is -2.50. The molecule has 8 nitrogen and oxygen atoms in total. The van der Waals surface area contributed by atoms with Gasteiger partial charge in [0, 0.05) is 25.2 Å². The van der Waals surface area contributed by atoms with Crippen LogP contribution in [-0.2, 0) is 25.6 Å². The summed E-state index contributed by atoms with van der Waals surface area (Å²) in [5.41, 5.74) is 4.21. The number of benzene rings is 2. The second kappa shape index (κ2) is 15.6. The van der Waals surface area contributed by atoms with E-state index >= 15 is 0 Å². The molecular formula is C30H41N3O5S. The molecule has 1 unspecified atom stereocenters. The van der Waals surface area contributed by atoms with Crippen molar-refractivity contribution in [3.05, 3.63) is 59.2 Å². The van der Waals surface area contributed by atoms with E-state index in [-0.39, 0.29) is 17.9 Å². The predicted molar refractivity (Wildman–Crippen MR) is 156 cm³/mol. The molecule has 0 saturated carbocycles. The number of thioether (sulfide) groups is 1. The molecule has 1 aliphatic heterocycles. The van der Waals surface area contributed by atoms with Crippen molar-refractivity contribution < 1.29 is 23.9 Å². The Morgan fingerprint density at radius 1 is 1.05 bits per heavy atom. The molecule has 1 saturated heterocycles. The standard InChI is InChI=1S/C30H41N3O5S/c1-5-8-26(29(35)33-14-16-38-17-15-33)31-20-22-11-12-24(25(19-22)23-10-7-6-9-21(23)2)28(34)32-27(13-18-39-4)30(36)37-3/h6-7,9-12,19,26-27,31H,5,8,13-18,20H2,1-4H3,(H,32,34)/t26?,27-/m0/s1. The van der Waals surface area contributed by atoms with Gasteiger partial charge in [-0.15, -0.1) is 0 Å². The van der Waals surface area contributed by atoms with Crippen molar-refractivity contribution in [2.45, 2.75) is 51.7 Å². The lowest BCUT2D eigenvalue weighted by molar-refractivity contribution is -0.143. The van der Waals surface area contributed by atoms with Crippen LogP contribution in [0.3, 0.4) is 0 Å². The maximum Gasteiger partial charge on any atom is 0.328 e. The second-order valence-electron chi connectivity index (χ2n) is 9.69. The molecule has 0 aromatic heterocycles. The number of hydrogen-bond donors (Lipinski definition) is 2. The quantitative estimate of drug-likeness (QED) is 0.363. The summed E-state index contributed by atoms with van der Waals surface area (Å²) in [5, 5.41) is 6.34. The van der Waals surface area contributed by atoms with Crippen molar-refractivity contribution in [2.75, 3.05) is 45.4 Å². The Bertz CT molecular complexity index is 1120. The summed E-state index contributed by atoms with van der Waals surface area (Å²) in [6, 6.07) is 12.6. The van der Waals surface area contributed by atoms with Crippen molar-refractivity contribution in [3.63, 3.8) is 0 Å². The van der Waals surface area contributed by atoms with Crippen LogP contribution in [0.2, 0.25) is 0 Å². The molecule has 2 aromatic rings. The molecule has 2 amide bonds. The highest BCUT2D eigenvalue weighted by Crippen LogP contribution is 2.28. The first kappa shape index (κ1) is 30.7. The number of morpholine rings is 1. The van der Waals surface area contributed by atoms with E-state index in [0.29, 0.717) is 44.8 Å². The van der Waals surface area contributed by atoms with E-state index in [1.807, 2.05) is 54.5 Å². The largest absolute Gasteiger partial charge is 0.467 e. The van der Waals surface area contributed by atoms with Crippen LogP contribution >= 0.6 is 11.8 Å². The molecule has 0 bridgehead atoms. The normalized spacial score (nSPS) is 14.9. The fourth-order valence-corrected chi connectivity index (χ4v) is 5.18. The summed E-state index contributed by atoms with van der Waals surface area (Å²) in [6.07, 6.45) is 4.07. The average molecular weight is 556 g/mol. The van der Waals surface area contributed by atoms with Crippen LogP contribution < -0.4 is 10.6 Å². The zero-order valence-electron chi connectivity index (χ0n) is 23.5. The summed E-state index contributed by atoms with van der Waals surface area (Å²) in [5.74, 6) is 0.0461. The number of methoxy groups -OCH3 is 1. The summed E-state index contributed by atoms with van der Waals surface area (Å²) in [7, 11) is 1.33. The second-order valence-corrected chi connectivity index (χ2v) is 10.7. The molecule has 3 rings (SSSR count). The van der Waals surface area contributed by atoms with Gasteiger partial charge < -0.3 is 25.0 Å². The number of nitrogens with one attached hydrogen (secondary N) is 2. The monoisotopic (exact) mass is 555 g/mol. The van der Waals surface area contributed by atoms with Crippen molar-refractivity contribution in [1.82, 2.24) is 15.5 Å². The van der Waals surface area contributed by atoms with Crippen LogP contribution in [0.4, 0.5) is 0 Å². The van der Waals surface area contributed by atoms with Crippen molar-refractivity contribution >= 4 is 29.5 Å². The van der Waals surface area contributed by atoms with Gasteiger partial charge in [0.1, 0.15) is 6.04 Å². The summed E-state index contributed by atoms with van der Waals surface area (Å²) >= 11 is 1.61. The van der Waals surface area contributed by atoms with Gasteiger partial charge >= 0.3 is 5.97 Å². The van der Waals surface area contributed by atoms with Gasteiger partial charge in [0.05, 0.1) is 26.4 Å². The van der Waals surface area contributed by atoms with Crippen LogP contribution in [0, 0.1) is 6.92 Å². The number of hydrogen-bond acceptors (Lipinski definition) is 7. The molecule has 1 fully saturated rings. The maximum atomic E-state index is 13.5. The van der Waals surface area contributed by atoms with E-state index in [9.17, 15) is 14.4 Å². The van der Waals surface area contributed by atoms with E-state index in [1.54, 1.807) is 17.8 Å². The van der Waals surface area contributed by atoms with Gasteiger partial charge in [-0.1, -0.05) is 43.7 Å². The maximum absolute atomic E-state index is 13.5. The molecule has 1 aliphatic rings. The van der Waals surface area contributed by atoms with Crippen LogP contribution in [0.15, 0.2) is 42.5 Å². The Hall–Kier alpha value is -2.88. The summed E-state index contributed by atoms with van der Waals surface area (Å²) in [4.78, 5) is 40.8. The molecule has 9 heteroatoms. The zero-order chi connectivity index (χ0) is 28.2. The van der Waals surface area contributed by atoms with E-state index in [1.165, 1.54) is 7.11 Å². The van der Waals surface area contributed by atoms with Gasteiger partial charge in [0.15, 0.2) is 0 Å². The molecule has 0 spiro atoms. The van der Waals surface area contributed by atoms with Gasteiger partial charge in [-0.2, -0.15) is 11.8 Å². The number of ether oxygens (including phenoxy) is 2. The van der Waals surface area contributed by atoms with E-state index in [0.717, 1.165) is 40.8 Å². The first-order valence-corrected chi connectivity index (χ1v) is 14.9. The van der Waals surface area contributed by atoms with E-state index in [4.69, 9.17) is 9.47 Å². The third-order valence-corrected chi connectivity index (χ3v) is 7.56. The first-order chi connectivity index (χ1) is 18.9. The van der Waals surface area contributed by atoms with Crippen molar-refractivity contribution in [3.8, 4) is 11.1 Å². The molecule has 212 valence electrons. The third kappa shape index (κ3) is 8.55. The Balaban J connectivity index is 1.86. The topological polar surface area (TPSA) is 97.0 Å². The smallest absolute Gasteiger partial charge is 0.328 e. The average Bonchev–Trinajstić information content (AvgIpc) is 2.97. The van der Waals surface area contributed by atoms with Crippen LogP contribution in [0.1, 0.15) is 47.7 Å². The molecule has 39 heavy (non-hydrogen) atoms. The molecule has 1 heterocycles. The molecule has 2 aromatic carbocycles. The van der Waals surface area contributed by atoms with Gasteiger partial charge in [0.2, 0.25) is 5.91 Å². The number of aryl methyl sites for hydroxylation is 1. The Kier molecular flexibility index (Phi) is 12.3. The Morgan fingerprint density at radius 2 is 1.79 bits per heavy atom. The highest BCUT2D eigenvalue weighted by molar-refractivity contribution is 7.98. The third-order valence-electron chi connectivity index (χ3n) is 6.92. The number of carbonyl (C=O) groups is 3. The van der Waals surface area contributed by atoms with Gasteiger partial charge in [-0.3, -0.25) is 9.59 Å². The number of carbonyl (C=O) groups excluding carboxylic acids is 3. The lowest BCUT2D eigenvalue weighted by Gasteiger charge is -2.31. The molecule has 0 aliphatic carbocycles. The van der Waals surface area contributed by atoms with Crippen molar-refractivity contribution in [2.24, 2.45) is 0 Å². The minimum Gasteiger partial charge on any atom is -0.467 e. The number of rotatable bonds is 13. The number of esters is 1. The number of nitrogens with zero attached hydrogens (tertiary/aromatic N) is 1. The minimum atomic E-state index is -0.720. The lowest BCUT2D eigenvalue weighted by atomic mass is 9.93. The highest BCUT2D eigenvalue weighted by Gasteiger charge is 2.26. The van der Waals surface area contributed by atoms with E-state index in [2.05, 4.69) is 17.6 Å². The Labute approximate surface area is 236 Å². The molecule has 0 radical (unpaired) electrons. The van der Waals surface area contributed by atoms with Crippen LogP contribution in [-0.4, -0.2) is 80.2 Å². The Morgan fingerprint density at radius 3 is 2.46 bits per heavy atom. The predicted octanol–water partition coefficient (Wildman–Crippen LogP) is 3.80. The van der Waals surface area contributed by atoms with E-state index < -0.39 is 12.0 Å². The molecule has 2 atom stereocenters. The summed E-state index contributed by atoms with van der Waals surface area (Å²) in [6.45, 7) is 6.95. The SMILES string of the molecule is CCCC(NCc1ccc(C(=O)N[C@@H](CCSC)C(=O)OC)c(-c2ccccc2C)c1)C(=O)N1CCOCC1. The van der Waals surface area contributed by atoms with Gasteiger partial charge in [-0.05, 0) is 66.2 Å². The van der Waals surface area contributed by atoms with Gasteiger partial charge in [-0.25, -0.2) is 4.79 Å². The fourth-order valence-electron chi connectivity index (χ4n) is 4.71. The molecular weight excluding hydrogens is 514 g/mol. The summed E-state index contributed by atoms with van der Waals surface area (Å²) < 4.78 is 10.3. The molecule has 2 N–H and O–H groups in total. The highest BCUT2D eigenvalue weighted by atomic mass is 32.2. The zero-order valence-corrected chi connectivity index (χ0v) is 24.3. The van der Waals surface area contributed by atoms with Crippen molar-refractivity contribution in [1.29, 1.82) is 0 Å². The van der Waals surface area contributed by atoms with Gasteiger partial charge in [0.25, 0.3) is 5.91 Å². The van der Waals surface area contributed by atoms with Crippen LogP contribution in [0.25, 0.3) is 11.1 Å². The minimum absolute atomic E-state index is 0.106. The first-order valence-electron chi connectivity index (χ1n) is 13.6. The van der Waals surface area contributed by atoms with Crippen LogP contribution in [0.5, 0.6) is 0 Å². The number of amides is 2.